The van der Waals surface area contributed by atoms with Crippen LogP contribution in [0.4, 0.5) is 8.78 Å². The Hall–Kier alpha value is -2.14. The van der Waals surface area contributed by atoms with Crippen LogP contribution in [-0.2, 0) is 13.2 Å². The highest BCUT2D eigenvalue weighted by atomic mass is 19.1. The summed E-state index contributed by atoms with van der Waals surface area (Å²) in [6.45, 7) is 0.122. The van der Waals surface area contributed by atoms with Crippen molar-refractivity contribution in [3.05, 3.63) is 59.2 Å². The van der Waals surface area contributed by atoms with Gasteiger partial charge in [-0.25, -0.2) is 8.78 Å². The van der Waals surface area contributed by atoms with Crippen molar-refractivity contribution in [1.29, 1.82) is 0 Å². The molecule has 0 atom stereocenters. The summed E-state index contributed by atoms with van der Waals surface area (Å²) < 4.78 is 37.7. The minimum absolute atomic E-state index is 0.0486. The number of methoxy groups -OCH3 is 1. The molecule has 0 heterocycles. The summed E-state index contributed by atoms with van der Waals surface area (Å²) in [7, 11) is 1.55. The van der Waals surface area contributed by atoms with Gasteiger partial charge in [-0.1, -0.05) is 12.1 Å². The van der Waals surface area contributed by atoms with E-state index in [0.29, 0.717) is 11.3 Å². The molecule has 5 heteroatoms. The molecule has 0 aromatic heterocycles. The molecule has 0 fully saturated rings. The normalized spacial score (nSPS) is 10.4. The number of nitrogens with two attached hydrogens (primary N) is 1. The van der Waals surface area contributed by atoms with Gasteiger partial charge in [-0.3, -0.25) is 0 Å². The number of hydrogen-bond acceptors (Lipinski definition) is 3. The Morgan fingerprint density at radius 2 is 1.75 bits per heavy atom. The standard InChI is InChI=1S/C15H15F2NO2/c1-19-12-4-2-3-10(5-12)9-20-15-13(16)6-11(8-18)7-14(15)17/h2-7H,8-9,18H2,1H3. The van der Waals surface area contributed by atoms with Crippen molar-refractivity contribution < 1.29 is 18.3 Å². The molecule has 0 bridgehead atoms. The van der Waals surface area contributed by atoms with Crippen molar-refractivity contribution in [2.45, 2.75) is 13.2 Å². The molecule has 0 aliphatic carbocycles. The van der Waals surface area contributed by atoms with E-state index in [9.17, 15) is 8.78 Å². The fourth-order valence-electron chi connectivity index (χ4n) is 1.79. The summed E-state index contributed by atoms with van der Waals surface area (Å²) >= 11 is 0. The van der Waals surface area contributed by atoms with Crippen molar-refractivity contribution in [2.24, 2.45) is 5.73 Å². The fourth-order valence-corrected chi connectivity index (χ4v) is 1.79. The van der Waals surface area contributed by atoms with Gasteiger partial charge in [0.15, 0.2) is 17.4 Å². The van der Waals surface area contributed by atoms with E-state index in [4.69, 9.17) is 15.2 Å². The SMILES string of the molecule is COc1cccc(COc2c(F)cc(CN)cc2F)c1. The van der Waals surface area contributed by atoms with Gasteiger partial charge in [-0.2, -0.15) is 0 Å². The van der Waals surface area contributed by atoms with Crippen LogP contribution in [0.5, 0.6) is 11.5 Å². The van der Waals surface area contributed by atoms with E-state index in [0.717, 1.165) is 5.56 Å². The lowest BCUT2D eigenvalue weighted by molar-refractivity contribution is 0.273. The zero-order valence-electron chi connectivity index (χ0n) is 11.0. The maximum Gasteiger partial charge on any atom is 0.191 e. The van der Waals surface area contributed by atoms with E-state index in [2.05, 4.69) is 0 Å². The van der Waals surface area contributed by atoms with E-state index < -0.39 is 17.4 Å². The zero-order chi connectivity index (χ0) is 14.5. The third-order valence-electron chi connectivity index (χ3n) is 2.81. The summed E-state index contributed by atoms with van der Waals surface area (Å²) in [5.41, 5.74) is 6.49. The molecule has 2 rings (SSSR count). The number of halogens is 2. The topological polar surface area (TPSA) is 44.5 Å². The molecule has 2 aromatic carbocycles. The van der Waals surface area contributed by atoms with Gasteiger partial charge in [0.1, 0.15) is 12.4 Å². The largest absolute Gasteiger partial charge is 0.497 e. The van der Waals surface area contributed by atoms with Crippen molar-refractivity contribution in [3.8, 4) is 11.5 Å². The van der Waals surface area contributed by atoms with Gasteiger partial charge in [-0.15, -0.1) is 0 Å². The van der Waals surface area contributed by atoms with E-state index in [1.165, 1.54) is 12.1 Å². The fraction of sp³-hybridized carbons (Fsp3) is 0.200. The monoisotopic (exact) mass is 279 g/mol. The predicted octanol–water partition coefficient (Wildman–Crippen LogP) is 3.01. The highest BCUT2D eigenvalue weighted by molar-refractivity contribution is 5.32. The minimum atomic E-state index is -0.756. The predicted molar refractivity (Wildman–Crippen MR) is 71.6 cm³/mol. The Bertz CT molecular complexity index is 579. The number of ether oxygens (including phenoxy) is 2. The highest BCUT2D eigenvalue weighted by Crippen LogP contribution is 2.24. The molecule has 106 valence electrons. The first-order chi connectivity index (χ1) is 9.63. The van der Waals surface area contributed by atoms with Crippen molar-refractivity contribution in [1.82, 2.24) is 0 Å². The van der Waals surface area contributed by atoms with Crippen molar-refractivity contribution >= 4 is 0 Å². The summed E-state index contributed by atoms with van der Waals surface area (Å²) in [6, 6.07) is 9.42. The second-order valence-corrected chi connectivity index (χ2v) is 4.23. The number of benzene rings is 2. The van der Waals surface area contributed by atoms with E-state index in [-0.39, 0.29) is 13.2 Å². The van der Waals surface area contributed by atoms with Crippen molar-refractivity contribution in [2.75, 3.05) is 7.11 Å². The molecule has 2 aromatic rings. The molecular weight excluding hydrogens is 264 g/mol. The minimum Gasteiger partial charge on any atom is -0.497 e. The zero-order valence-corrected chi connectivity index (χ0v) is 11.0. The maximum atomic E-state index is 13.7. The first kappa shape index (κ1) is 14.3. The second-order valence-electron chi connectivity index (χ2n) is 4.23. The average molecular weight is 279 g/mol. The van der Waals surface area contributed by atoms with E-state index in [1.54, 1.807) is 31.4 Å². The van der Waals surface area contributed by atoms with Crippen molar-refractivity contribution in [3.63, 3.8) is 0 Å². The van der Waals surface area contributed by atoms with Gasteiger partial charge in [0.25, 0.3) is 0 Å². The third-order valence-corrected chi connectivity index (χ3v) is 2.81. The molecule has 20 heavy (non-hydrogen) atoms. The van der Waals surface area contributed by atoms with Crippen LogP contribution in [0.15, 0.2) is 36.4 Å². The lowest BCUT2D eigenvalue weighted by atomic mass is 10.2. The molecule has 2 N–H and O–H groups in total. The van der Waals surface area contributed by atoms with Gasteiger partial charge in [0.2, 0.25) is 0 Å². The van der Waals surface area contributed by atoms with Crippen LogP contribution in [0.25, 0.3) is 0 Å². The lowest BCUT2D eigenvalue weighted by Gasteiger charge is -2.10. The maximum absolute atomic E-state index is 13.7. The molecule has 0 saturated carbocycles. The summed E-state index contributed by atoms with van der Waals surface area (Å²) in [5, 5.41) is 0. The van der Waals surface area contributed by atoms with Crippen LogP contribution in [0, 0.1) is 11.6 Å². The van der Waals surface area contributed by atoms with Gasteiger partial charge >= 0.3 is 0 Å². The Morgan fingerprint density at radius 3 is 2.35 bits per heavy atom. The van der Waals surface area contributed by atoms with Crippen LogP contribution in [0.2, 0.25) is 0 Å². The van der Waals surface area contributed by atoms with E-state index >= 15 is 0 Å². The van der Waals surface area contributed by atoms with Crippen LogP contribution in [0.1, 0.15) is 11.1 Å². The smallest absolute Gasteiger partial charge is 0.191 e. The quantitative estimate of drug-likeness (QED) is 0.915. The molecule has 0 amide bonds. The summed E-state index contributed by atoms with van der Waals surface area (Å²) in [4.78, 5) is 0. The number of rotatable bonds is 5. The molecule has 0 spiro atoms. The van der Waals surface area contributed by atoms with Crippen LogP contribution >= 0.6 is 0 Å². The highest BCUT2D eigenvalue weighted by Gasteiger charge is 2.12. The third kappa shape index (κ3) is 3.24. The molecule has 0 aliphatic heterocycles. The first-order valence-corrected chi connectivity index (χ1v) is 6.07. The van der Waals surface area contributed by atoms with E-state index in [1.807, 2.05) is 0 Å². The summed E-state index contributed by atoms with van der Waals surface area (Å²) in [6.07, 6.45) is 0. The van der Waals surface area contributed by atoms with Crippen LogP contribution in [-0.4, -0.2) is 7.11 Å². The molecule has 0 unspecified atom stereocenters. The lowest BCUT2D eigenvalue weighted by Crippen LogP contribution is -2.03. The molecule has 0 aliphatic rings. The molecule has 0 saturated heterocycles. The Kier molecular flexibility index (Phi) is 4.53. The Morgan fingerprint density at radius 1 is 1.05 bits per heavy atom. The average Bonchev–Trinajstić information content (AvgIpc) is 2.46. The van der Waals surface area contributed by atoms with Crippen LogP contribution in [0.3, 0.4) is 0 Å². The van der Waals surface area contributed by atoms with Gasteiger partial charge in [0, 0.05) is 6.54 Å². The first-order valence-electron chi connectivity index (χ1n) is 6.07. The number of hydrogen-bond donors (Lipinski definition) is 1. The Labute approximate surface area is 115 Å². The second kappa shape index (κ2) is 6.34. The Balaban J connectivity index is 2.14. The summed E-state index contributed by atoms with van der Waals surface area (Å²) in [5.74, 6) is -1.25. The molecule has 0 radical (unpaired) electrons. The van der Waals surface area contributed by atoms with Gasteiger partial charge < -0.3 is 15.2 Å². The molecular formula is C15H15F2NO2. The molecule has 3 nitrogen and oxygen atoms in total. The van der Waals surface area contributed by atoms with Gasteiger partial charge in [0.05, 0.1) is 7.11 Å². The van der Waals surface area contributed by atoms with Gasteiger partial charge in [-0.05, 0) is 35.4 Å². The van der Waals surface area contributed by atoms with Crippen LogP contribution < -0.4 is 15.2 Å².